The number of sulfone groups is 1. The van der Waals surface area contributed by atoms with E-state index in [-0.39, 0.29) is 12.8 Å². The van der Waals surface area contributed by atoms with Crippen LogP contribution in [-0.4, -0.2) is 53.1 Å². The van der Waals surface area contributed by atoms with Crippen LogP contribution >= 0.6 is 0 Å². The Morgan fingerprint density at radius 2 is 1.87 bits per heavy atom. The van der Waals surface area contributed by atoms with Crippen molar-refractivity contribution >= 4 is 27.7 Å². The molecule has 0 aromatic rings. The maximum Gasteiger partial charge on any atom is 0.333 e. The van der Waals surface area contributed by atoms with Crippen molar-refractivity contribution in [2.45, 2.75) is 69.4 Å². The van der Waals surface area contributed by atoms with Gasteiger partial charge in [0.05, 0.1) is 11.2 Å². The molecule has 2 heterocycles. The molecule has 0 radical (unpaired) electrons. The fourth-order valence-electron chi connectivity index (χ4n) is 2.87. The number of β-lactam (4-membered cyclic amide) rings is 1. The molecular formula is C14H21NO7S. The molecule has 0 unspecified atom stereocenters. The highest BCUT2D eigenvalue weighted by Crippen LogP contribution is 2.46. The molecule has 0 bridgehead atoms. The number of carbonyl (C=O) groups excluding carboxylic acids is 3. The zero-order chi connectivity index (χ0) is 17.8. The van der Waals surface area contributed by atoms with Gasteiger partial charge in [0.15, 0.2) is 9.84 Å². The molecule has 0 aromatic carbocycles. The largest absolute Gasteiger partial charge is 0.423 e. The number of rotatable bonds is 4. The average Bonchev–Trinajstić information content (AvgIpc) is 2.51. The number of esters is 2. The molecule has 8 nitrogen and oxygen atoms in total. The van der Waals surface area contributed by atoms with E-state index in [2.05, 4.69) is 0 Å². The lowest BCUT2D eigenvalue weighted by molar-refractivity contribution is -0.220. The Balaban J connectivity index is 2.25. The monoisotopic (exact) mass is 347 g/mol. The maximum absolute atomic E-state index is 12.5. The van der Waals surface area contributed by atoms with Crippen molar-refractivity contribution in [1.29, 1.82) is 0 Å². The van der Waals surface area contributed by atoms with E-state index in [4.69, 9.17) is 9.47 Å². The van der Waals surface area contributed by atoms with E-state index in [0.29, 0.717) is 0 Å². The van der Waals surface area contributed by atoms with Gasteiger partial charge in [-0.15, -0.1) is 0 Å². The van der Waals surface area contributed by atoms with Crippen molar-refractivity contribution in [3.05, 3.63) is 0 Å². The first kappa shape index (κ1) is 17.7. The van der Waals surface area contributed by atoms with Crippen molar-refractivity contribution in [3.63, 3.8) is 0 Å². The number of ether oxygens (including phenoxy) is 2. The Morgan fingerprint density at radius 1 is 1.30 bits per heavy atom. The molecule has 2 aliphatic rings. The highest BCUT2D eigenvalue weighted by Gasteiger charge is 2.68. The minimum Gasteiger partial charge on any atom is -0.423 e. The van der Waals surface area contributed by atoms with Gasteiger partial charge in [0, 0.05) is 20.3 Å². The van der Waals surface area contributed by atoms with Crippen LogP contribution in [0.3, 0.4) is 0 Å². The van der Waals surface area contributed by atoms with Gasteiger partial charge in [-0.25, -0.2) is 13.2 Å². The first-order chi connectivity index (χ1) is 10.3. The van der Waals surface area contributed by atoms with Gasteiger partial charge in [-0.1, -0.05) is 6.92 Å². The Bertz CT molecular complexity index is 665. The van der Waals surface area contributed by atoms with Crippen LogP contribution in [0.25, 0.3) is 0 Å². The number of fused-ring (bicyclic) bond motifs is 1. The third-order valence-corrected chi connectivity index (χ3v) is 6.99. The molecule has 9 heteroatoms. The van der Waals surface area contributed by atoms with E-state index >= 15 is 0 Å². The fraction of sp³-hybridized carbons (Fsp3) is 0.786. The van der Waals surface area contributed by atoms with Crippen molar-refractivity contribution in [2.24, 2.45) is 0 Å². The quantitative estimate of drug-likeness (QED) is 0.410. The van der Waals surface area contributed by atoms with E-state index in [1.165, 1.54) is 27.7 Å². The minimum atomic E-state index is -3.68. The van der Waals surface area contributed by atoms with Gasteiger partial charge >= 0.3 is 11.9 Å². The molecule has 2 rings (SSSR count). The minimum absolute atomic E-state index is 0.108. The van der Waals surface area contributed by atoms with Gasteiger partial charge in [-0.05, 0) is 13.8 Å². The van der Waals surface area contributed by atoms with Crippen LogP contribution in [0, 0.1) is 0 Å². The molecular weight excluding hydrogens is 326 g/mol. The number of amides is 1. The van der Waals surface area contributed by atoms with Crippen LogP contribution in [0.4, 0.5) is 0 Å². The molecule has 0 N–H and O–H groups in total. The number of hydrogen-bond acceptors (Lipinski definition) is 7. The summed E-state index contributed by atoms with van der Waals surface area (Å²) in [5.41, 5.74) is 0. The number of carbonyl (C=O) groups is 3. The Labute approximate surface area is 135 Å². The molecule has 2 atom stereocenters. The molecule has 130 valence electrons. The molecule has 0 aromatic heterocycles. The van der Waals surface area contributed by atoms with Gasteiger partial charge in [0.25, 0.3) is 5.79 Å². The van der Waals surface area contributed by atoms with Gasteiger partial charge in [-0.3, -0.25) is 9.59 Å². The Kier molecular flexibility index (Phi) is 3.99. The van der Waals surface area contributed by atoms with Crippen molar-refractivity contribution < 1.29 is 32.3 Å². The zero-order valence-corrected chi connectivity index (χ0v) is 14.6. The summed E-state index contributed by atoms with van der Waals surface area (Å²) in [5.74, 6) is -3.41. The van der Waals surface area contributed by atoms with Crippen LogP contribution in [0.2, 0.25) is 0 Å². The molecule has 0 aliphatic carbocycles. The predicted molar refractivity (Wildman–Crippen MR) is 78.6 cm³/mol. The number of nitrogens with zero attached hydrogens (tertiary/aromatic N) is 1. The van der Waals surface area contributed by atoms with E-state index in [0.717, 1.165) is 4.90 Å². The summed E-state index contributed by atoms with van der Waals surface area (Å²) in [5, 5.41) is -0.983. The zero-order valence-electron chi connectivity index (χ0n) is 13.8. The Hall–Kier alpha value is -1.64. The van der Waals surface area contributed by atoms with Crippen molar-refractivity contribution in [3.8, 4) is 0 Å². The normalized spacial score (nSPS) is 27.9. The third kappa shape index (κ3) is 2.60. The van der Waals surface area contributed by atoms with E-state index in [1.807, 2.05) is 0 Å². The van der Waals surface area contributed by atoms with Gasteiger partial charge in [-0.2, -0.15) is 0 Å². The summed E-state index contributed by atoms with van der Waals surface area (Å²) in [7, 11) is -3.68. The van der Waals surface area contributed by atoms with Crippen LogP contribution in [0.15, 0.2) is 0 Å². The molecule has 23 heavy (non-hydrogen) atoms. The van der Waals surface area contributed by atoms with Crippen molar-refractivity contribution in [2.75, 3.05) is 0 Å². The first-order valence-electron chi connectivity index (χ1n) is 7.34. The SMILES string of the molecule is CCC(=O)OC(C)(C)OC(=O)[C@@H]1N2C(=O)C[C@H]2S(=O)(=O)C1(C)C. The lowest BCUT2D eigenvalue weighted by Gasteiger charge is -2.37. The molecule has 0 saturated carbocycles. The highest BCUT2D eigenvalue weighted by molar-refractivity contribution is 7.93. The Morgan fingerprint density at radius 3 is 2.35 bits per heavy atom. The van der Waals surface area contributed by atoms with E-state index < -0.39 is 49.6 Å². The second-order valence-corrected chi connectivity index (χ2v) is 9.35. The van der Waals surface area contributed by atoms with Crippen LogP contribution in [0.1, 0.15) is 47.5 Å². The van der Waals surface area contributed by atoms with Gasteiger partial charge in [0.2, 0.25) is 5.91 Å². The highest BCUT2D eigenvalue weighted by atomic mass is 32.2. The standard InChI is InChI=1S/C14H21NO7S/c1-6-10(17)21-14(4,5)22-12(18)11-13(2,3)23(19,20)9-7-8(16)15(9)11/h9,11H,6-7H2,1-5H3/t9-,11+/m1/s1. The smallest absolute Gasteiger partial charge is 0.333 e. The second-order valence-electron chi connectivity index (χ2n) is 6.66. The van der Waals surface area contributed by atoms with Gasteiger partial charge < -0.3 is 14.4 Å². The molecule has 0 spiro atoms. The topological polar surface area (TPSA) is 107 Å². The second kappa shape index (κ2) is 5.19. The van der Waals surface area contributed by atoms with Crippen LogP contribution < -0.4 is 0 Å². The lowest BCUT2D eigenvalue weighted by atomic mass is 9.98. The molecule has 2 aliphatic heterocycles. The summed E-state index contributed by atoms with van der Waals surface area (Å²) in [4.78, 5) is 36.7. The fourth-order valence-corrected chi connectivity index (χ4v) is 5.00. The molecule has 2 saturated heterocycles. The summed E-state index contributed by atoms with van der Waals surface area (Å²) >= 11 is 0. The predicted octanol–water partition coefficient (Wildman–Crippen LogP) is 0.353. The third-order valence-electron chi connectivity index (χ3n) is 4.19. The van der Waals surface area contributed by atoms with E-state index in [9.17, 15) is 22.8 Å². The first-order valence-corrected chi connectivity index (χ1v) is 8.89. The van der Waals surface area contributed by atoms with Crippen LogP contribution in [-0.2, 0) is 33.7 Å². The summed E-state index contributed by atoms with van der Waals surface area (Å²) < 4.78 is 33.6. The summed E-state index contributed by atoms with van der Waals surface area (Å²) in [6.45, 7) is 7.14. The van der Waals surface area contributed by atoms with Crippen LogP contribution in [0.5, 0.6) is 0 Å². The lowest BCUT2D eigenvalue weighted by Crippen LogP contribution is -2.58. The van der Waals surface area contributed by atoms with Gasteiger partial charge in [0.1, 0.15) is 11.4 Å². The number of hydrogen-bond donors (Lipinski definition) is 0. The van der Waals surface area contributed by atoms with E-state index in [1.54, 1.807) is 6.92 Å². The summed E-state index contributed by atoms with van der Waals surface area (Å²) in [6.07, 6.45) is -0.0132. The van der Waals surface area contributed by atoms with Crippen molar-refractivity contribution in [1.82, 2.24) is 4.90 Å². The maximum atomic E-state index is 12.5. The molecule has 2 fully saturated rings. The average molecular weight is 347 g/mol. The summed E-state index contributed by atoms with van der Waals surface area (Å²) in [6, 6.07) is -1.25. The molecule has 1 amide bonds.